The summed E-state index contributed by atoms with van der Waals surface area (Å²) in [7, 11) is 0. The van der Waals surface area contributed by atoms with Crippen molar-refractivity contribution in [1.29, 1.82) is 0 Å². The summed E-state index contributed by atoms with van der Waals surface area (Å²) in [6.45, 7) is -6.32. The summed E-state index contributed by atoms with van der Waals surface area (Å²) in [5.41, 5.74) is 0. The molecule has 21 aliphatic heterocycles. The van der Waals surface area contributed by atoms with Gasteiger partial charge in [0.2, 0.25) is 0 Å². The van der Waals surface area contributed by atoms with Gasteiger partial charge in [0.15, 0.2) is 44.0 Å². The minimum absolute atomic E-state index is 0.299. The van der Waals surface area contributed by atoms with Gasteiger partial charge in [-0.25, -0.2) is 0 Å². The first-order chi connectivity index (χ1) is 37.7. The highest BCUT2D eigenvalue weighted by molar-refractivity contribution is 7.97. The molecule has 0 saturated carbocycles. The van der Waals surface area contributed by atoms with Gasteiger partial charge in [-0.05, 0) is 0 Å². The third-order valence-corrected chi connectivity index (χ3v) is 15.5. The number of aliphatic hydroxyl groups is 20. The lowest BCUT2D eigenvalue weighted by atomic mass is 9.95. The predicted octanol–water partition coefficient (Wildman–Crippen LogP) is -13.8. The Morgan fingerprint density at radius 2 is 0.392 bits per heavy atom. The third kappa shape index (κ3) is 12.8. The van der Waals surface area contributed by atoms with Crippen molar-refractivity contribution in [2.24, 2.45) is 4.58 Å². The Morgan fingerprint density at radius 3 is 0.544 bits per heavy atom. The van der Waals surface area contributed by atoms with Gasteiger partial charge in [0.1, 0.15) is 171 Å². The second-order valence-electron chi connectivity index (χ2n) is 19.8. The van der Waals surface area contributed by atoms with Crippen LogP contribution in [0.2, 0.25) is 0 Å². The molecule has 21 saturated heterocycles. The van der Waals surface area contributed by atoms with Crippen LogP contribution in [0.5, 0.6) is 0 Å². The molecule has 0 amide bonds. The molecule has 21 fully saturated rings. The van der Waals surface area contributed by atoms with Crippen molar-refractivity contribution < 1.29 is 168 Å². The molecule has 21 aliphatic rings. The van der Waals surface area contributed by atoms with E-state index in [0.29, 0.717) is 11.9 Å². The summed E-state index contributed by atoms with van der Waals surface area (Å²) in [4.78, 5) is 11.3. The fourth-order valence-corrected chi connectivity index (χ4v) is 11.0. The largest absolute Gasteiger partial charge is 0.394 e. The number of hydrogen-bond acceptors (Lipinski definition) is 37. The summed E-state index contributed by atoms with van der Waals surface area (Å²) < 4.78 is 82.7. The molecular formula is C42H69NO35S. The Bertz CT molecular complexity index is 1900. The number of nitrogens with zero attached hydrogens (tertiary/aromatic N) is 1. The SMILES string of the molecule is O=NSC[C@H]1O[C@@H]2O[C@H]3[C@H](O)[C@@H](O)[C@@H](O[C@H]4[C@H](O)[C@@H](O)[C@@H](O[C@H]5[C@H](O)[C@@H](O)[C@@H](O[C@H]6[C@H](O)[C@@H](O)[C@@H](O[C@H]7[C@H](O)[C@@H](O)[C@@H](O[C@H]8[C@H](O)[C@@H](O)[C@@H](O[C@H]1[C@H](O)[C@H]2O)O[C@@H]8CO)O[C@@H]7CO)O[C@@H]6CO)O[C@@H]5CO)O[C@@H]4CO)O[C@@H]3CO. The average molecular weight is 1180 g/mol. The molecular weight excluding hydrogens is 1110 g/mol. The molecule has 0 aromatic heterocycles. The molecule has 0 aliphatic carbocycles. The maximum atomic E-state index is 11.5. The van der Waals surface area contributed by atoms with Crippen LogP contribution in [-0.2, 0) is 66.3 Å². The lowest BCUT2D eigenvalue weighted by Crippen LogP contribution is -2.68. The Balaban J connectivity index is 1.09. The quantitative estimate of drug-likeness (QED) is 0.0753. The number of nitroso groups, excluding NO2 is 1. The second kappa shape index (κ2) is 27.3. The smallest absolute Gasteiger partial charge is 0.187 e. The second-order valence-corrected chi connectivity index (χ2v) is 20.6. The summed E-state index contributed by atoms with van der Waals surface area (Å²) >= 11 is 0.299. The maximum Gasteiger partial charge on any atom is 0.187 e. The van der Waals surface area contributed by atoms with E-state index in [1.165, 1.54) is 0 Å². The van der Waals surface area contributed by atoms with Gasteiger partial charge in [-0.2, -0.15) is 0 Å². The Hall–Kier alpha value is -1.41. The minimum Gasteiger partial charge on any atom is -0.394 e. The molecule has 35 atom stereocenters. The van der Waals surface area contributed by atoms with Gasteiger partial charge >= 0.3 is 0 Å². The maximum absolute atomic E-state index is 11.5. The summed E-state index contributed by atoms with van der Waals surface area (Å²) in [5, 5.41) is 221. The van der Waals surface area contributed by atoms with E-state index < -0.39 is 260 Å². The average Bonchev–Trinajstić information content (AvgIpc) is 3.52. The Kier molecular flexibility index (Phi) is 22.0. The molecule has 0 aromatic rings. The van der Waals surface area contributed by atoms with Gasteiger partial charge in [0, 0.05) is 22.3 Å². The van der Waals surface area contributed by atoms with Crippen molar-refractivity contribution in [2.75, 3.05) is 45.4 Å². The van der Waals surface area contributed by atoms with Crippen molar-refractivity contribution in [1.82, 2.24) is 0 Å². The lowest BCUT2D eigenvalue weighted by Gasteiger charge is -2.50. The van der Waals surface area contributed by atoms with Crippen LogP contribution in [0.1, 0.15) is 0 Å². The predicted molar refractivity (Wildman–Crippen MR) is 240 cm³/mol. The normalized spacial score (nSPS) is 54.2. The minimum atomic E-state index is -2.22. The molecule has 0 radical (unpaired) electrons. The molecule has 37 heteroatoms. The van der Waals surface area contributed by atoms with Crippen LogP contribution in [0.3, 0.4) is 0 Å². The van der Waals surface area contributed by atoms with Crippen LogP contribution in [-0.4, -0.2) is 362 Å². The van der Waals surface area contributed by atoms with Crippen molar-refractivity contribution in [3.05, 3.63) is 4.91 Å². The van der Waals surface area contributed by atoms with Gasteiger partial charge in [0.05, 0.1) is 39.6 Å². The Morgan fingerprint density at radius 1 is 0.241 bits per heavy atom. The number of aliphatic hydroxyl groups excluding tert-OH is 20. The van der Waals surface area contributed by atoms with Crippen LogP contribution >= 0.6 is 11.9 Å². The molecule has 21 rings (SSSR count). The molecule has 458 valence electrons. The summed E-state index contributed by atoms with van der Waals surface area (Å²) in [6.07, 6.45) is -70.3. The zero-order valence-corrected chi connectivity index (χ0v) is 41.9. The molecule has 14 bridgehead atoms. The molecule has 21 heterocycles. The summed E-state index contributed by atoms with van der Waals surface area (Å²) in [5.74, 6) is -0.516. The van der Waals surface area contributed by atoms with Crippen molar-refractivity contribution >= 4 is 11.9 Å². The fraction of sp³-hybridized carbons (Fsp3) is 1.00. The highest BCUT2D eigenvalue weighted by Gasteiger charge is 2.59. The van der Waals surface area contributed by atoms with E-state index >= 15 is 0 Å². The van der Waals surface area contributed by atoms with E-state index in [2.05, 4.69) is 4.58 Å². The zero-order valence-electron chi connectivity index (χ0n) is 41.1. The third-order valence-electron chi connectivity index (χ3n) is 14.9. The molecule has 79 heavy (non-hydrogen) atoms. The monoisotopic (exact) mass is 1180 g/mol. The molecule has 0 unspecified atom stereocenters. The van der Waals surface area contributed by atoms with Crippen molar-refractivity contribution in [2.45, 2.75) is 215 Å². The van der Waals surface area contributed by atoms with Crippen molar-refractivity contribution in [3.8, 4) is 0 Å². The van der Waals surface area contributed by atoms with Crippen LogP contribution < -0.4 is 0 Å². The summed E-state index contributed by atoms with van der Waals surface area (Å²) in [6, 6.07) is 0. The van der Waals surface area contributed by atoms with E-state index in [0.717, 1.165) is 0 Å². The standard InChI is InChI=1S/C42H69NO35S/c44-1-8-29-16(51)23(58)37(66-8)74-31-10(3-46)68-39(25(60)18(31)53)76-33-12(5-48)70-41(27(62)20(33)55)78-35-14(7-79-43-64)71-42(28(63)21(35)56)77-34-13(6-49)69-40(26(61)19(34)54)75-32-11(4-47)67-38(24(59)17(32)52)73-30-9(2-45)65-36(72-29)22(57)15(30)50/h8-42,44-63H,1-7H2/t8-,9-,10-,11-,12-,13-,14-,15-,16-,17-,18-,19-,20-,21-,22-,23-,24-,25-,26-,27-,28-,29-,30-,31-,32-,33-,34-,35-,36-,37-,38-,39-,40-,41-,42-/m1/s1. The first kappa shape index (κ1) is 63.6. The fourth-order valence-electron chi connectivity index (χ4n) is 10.5. The topological polar surface area (TPSA) is 563 Å². The van der Waals surface area contributed by atoms with Gasteiger partial charge < -0.3 is 168 Å². The van der Waals surface area contributed by atoms with Gasteiger partial charge in [-0.15, -0.1) is 4.91 Å². The van der Waals surface area contributed by atoms with Gasteiger partial charge in [-0.3, -0.25) is 0 Å². The number of ether oxygens (including phenoxy) is 14. The first-order valence-corrected chi connectivity index (χ1v) is 25.9. The molecule has 0 aromatic carbocycles. The van der Waals surface area contributed by atoms with Gasteiger partial charge in [0.25, 0.3) is 0 Å². The highest BCUT2D eigenvalue weighted by atomic mass is 32.2. The highest BCUT2D eigenvalue weighted by Crippen LogP contribution is 2.39. The van der Waals surface area contributed by atoms with E-state index in [4.69, 9.17) is 66.3 Å². The van der Waals surface area contributed by atoms with Crippen LogP contribution in [0, 0.1) is 4.91 Å². The zero-order chi connectivity index (χ0) is 57.5. The van der Waals surface area contributed by atoms with E-state index in [-0.39, 0.29) is 0 Å². The molecule has 0 spiro atoms. The number of rotatable bonds is 9. The van der Waals surface area contributed by atoms with E-state index in [1.54, 1.807) is 0 Å². The van der Waals surface area contributed by atoms with Crippen LogP contribution in [0.4, 0.5) is 0 Å². The lowest BCUT2D eigenvalue weighted by molar-refractivity contribution is -0.396. The van der Waals surface area contributed by atoms with Gasteiger partial charge in [-0.1, -0.05) is 0 Å². The van der Waals surface area contributed by atoms with Crippen LogP contribution in [0.25, 0.3) is 0 Å². The number of hydrogen-bond donors (Lipinski definition) is 20. The molecule has 36 nitrogen and oxygen atoms in total. The van der Waals surface area contributed by atoms with Crippen LogP contribution in [0.15, 0.2) is 4.58 Å². The first-order valence-electron chi connectivity index (χ1n) is 25.0. The molecule has 20 N–H and O–H groups in total. The Labute approximate surface area is 449 Å². The van der Waals surface area contributed by atoms with Crippen molar-refractivity contribution in [3.63, 3.8) is 0 Å². The van der Waals surface area contributed by atoms with E-state index in [1.807, 2.05) is 0 Å². The van der Waals surface area contributed by atoms with E-state index in [9.17, 15) is 107 Å².